The van der Waals surface area contributed by atoms with Crippen molar-refractivity contribution in [2.75, 3.05) is 11.9 Å². The van der Waals surface area contributed by atoms with E-state index in [4.69, 9.17) is 0 Å². The van der Waals surface area contributed by atoms with Crippen LogP contribution in [-0.4, -0.2) is 40.8 Å². The number of nitro benzene ring substituents is 1. The summed E-state index contributed by atoms with van der Waals surface area (Å²) in [5.74, 6) is -1.23. The van der Waals surface area contributed by atoms with Crippen LogP contribution in [0.3, 0.4) is 0 Å². The Morgan fingerprint density at radius 1 is 1.16 bits per heavy atom. The highest BCUT2D eigenvalue weighted by molar-refractivity contribution is 6.20. The summed E-state index contributed by atoms with van der Waals surface area (Å²) in [7, 11) is 1.78. The van der Waals surface area contributed by atoms with Crippen molar-refractivity contribution in [2.45, 2.75) is 38.8 Å². The lowest BCUT2D eigenvalue weighted by atomic mass is 9.67. The Balaban J connectivity index is 1.82. The molecule has 0 bridgehead atoms. The van der Waals surface area contributed by atoms with Gasteiger partial charge in [0.05, 0.1) is 17.5 Å². The van der Waals surface area contributed by atoms with Gasteiger partial charge in [0.15, 0.2) is 5.41 Å². The molecule has 2 aromatic carbocycles. The molecule has 0 unspecified atom stereocenters. The molecule has 1 N–H and O–H groups in total. The van der Waals surface area contributed by atoms with Crippen LogP contribution in [-0.2, 0) is 22.6 Å². The van der Waals surface area contributed by atoms with E-state index in [9.17, 15) is 24.5 Å². The summed E-state index contributed by atoms with van der Waals surface area (Å²) >= 11 is 0. The average molecular weight is 436 g/mol. The number of nitrogens with one attached hydrogen (secondary N) is 1. The maximum absolute atomic E-state index is 13.9. The van der Waals surface area contributed by atoms with Crippen LogP contribution < -0.4 is 10.2 Å². The zero-order valence-corrected chi connectivity index (χ0v) is 17.9. The Labute approximate surface area is 185 Å². The van der Waals surface area contributed by atoms with Crippen molar-refractivity contribution in [2.24, 2.45) is 5.41 Å². The predicted molar refractivity (Wildman–Crippen MR) is 117 cm³/mol. The first kappa shape index (κ1) is 21.5. The number of rotatable bonds is 5. The molecule has 4 amide bonds. The van der Waals surface area contributed by atoms with Crippen LogP contribution in [0.25, 0.3) is 0 Å². The number of amides is 4. The van der Waals surface area contributed by atoms with Crippen molar-refractivity contribution in [3.05, 3.63) is 69.8 Å². The Hall–Kier alpha value is -3.75. The Kier molecular flexibility index (Phi) is 5.41. The second-order valence-corrected chi connectivity index (χ2v) is 8.27. The first-order chi connectivity index (χ1) is 15.3. The van der Waals surface area contributed by atoms with Crippen molar-refractivity contribution in [3.8, 4) is 0 Å². The third-order valence-corrected chi connectivity index (χ3v) is 6.40. The number of hydrogen-bond donors (Lipinski definition) is 1. The number of non-ortho nitro benzene ring substituents is 1. The zero-order valence-electron chi connectivity index (χ0n) is 17.9. The smallest absolute Gasteiger partial charge is 0.331 e. The standard InChI is InChI=1S/C23H24N4O5/c1-3-7-19-23(13-16-12-17(27(31)32)10-11-18(16)25(19)2)20(28)24-22(30)26(21(23)29)14-15-8-5-4-6-9-15/h4-6,8-12,19H,3,7,13-14H2,1-2H3,(H,24,28,30)/t19-,23-/m0/s1. The van der Waals surface area contributed by atoms with Crippen LogP contribution in [0.2, 0.25) is 0 Å². The van der Waals surface area contributed by atoms with Crippen molar-refractivity contribution < 1.29 is 19.3 Å². The van der Waals surface area contributed by atoms with E-state index in [0.29, 0.717) is 18.4 Å². The number of nitrogens with zero attached hydrogens (tertiary/aromatic N) is 3. The number of imide groups is 2. The van der Waals surface area contributed by atoms with Crippen molar-refractivity contribution >= 4 is 29.2 Å². The first-order valence-electron chi connectivity index (χ1n) is 10.5. The number of benzene rings is 2. The molecule has 2 atom stereocenters. The second-order valence-electron chi connectivity index (χ2n) is 8.27. The molecule has 1 spiro atoms. The van der Waals surface area contributed by atoms with E-state index in [1.54, 1.807) is 25.2 Å². The highest BCUT2D eigenvalue weighted by atomic mass is 16.6. The van der Waals surface area contributed by atoms with Crippen LogP contribution in [0.4, 0.5) is 16.2 Å². The van der Waals surface area contributed by atoms with Gasteiger partial charge in [-0.2, -0.15) is 0 Å². The molecule has 4 rings (SSSR count). The lowest BCUT2D eigenvalue weighted by Crippen LogP contribution is -2.71. The third kappa shape index (κ3) is 3.30. The van der Waals surface area contributed by atoms with E-state index in [1.807, 2.05) is 30.0 Å². The van der Waals surface area contributed by atoms with Crippen LogP contribution >= 0.6 is 0 Å². The van der Waals surface area contributed by atoms with Gasteiger partial charge in [0, 0.05) is 31.3 Å². The van der Waals surface area contributed by atoms with Gasteiger partial charge in [0.2, 0.25) is 11.8 Å². The molecule has 0 saturated carbocycles. The van der Waals surface area contributed by atoms with Crippen LogP contribution in [0.1, 0.15) is 30.9 Å². The molecular weight excluding hydrogens is 412 g/mol. The monoisotopic (exact) mass is 436 g/mol. The number of hydrogen-bond acceptors (Lipinski definition) is 6. The fraction of sp³-hybridized carbons (Fsp3) is 0.348. The minimum Gasteiger partial charge on any atom is -0.370 e. The van der Waals surface area contributed by atoms with Gasteiger partial charge in [0.1, 0.15) is 0 Å². The molecule has 32 heavy (non-hydrogen) atoms. The maximum atomic E-state index is 13.9. The van der Waals surface area contributed by atoms with Gasteiger partial charge in [-0.1, -0.05) is 43.7 Å². The normalized spacial score (nSPS) is 22.7. The predicted octanol–water partition coefficient (Wildman–Crippen LogP) is 3.02. The van der Waals surface area contributed by atoms with Crippen molar-refractivity contribution in [3.63, 3.8) is 0 Å². The Morgan fingerprint density at radius 3 is 2.53 bits per heavy atom. The van der Waals surface area contributed by atoms with E-state index in [0.717, 1.165) is 16.2 Å². The van der Waals surface area contributed by atoms with Gasteiger partial charge in [-0.15, -0.1) is 0 Å². The molecule has 2 aliphatic heterocycles. The Morgan fingerprint density at radius 2 is 1.88 bits per heavy atom. The van der Waals surface area contributed by atoms with Crippen LogP contribution in [0.5, 0.6) is 0 Å². The molecule has 0 aliphatic carbocycles. The highest BCUT2D eigenvalue weighted by Crippen LogP contribution is 2.46. The number of nitro groups is 1. The van der Waals surface area contributed by atoms with Gasteiger partial charge in [-0.25, -0.2) is 4.79 Å². The van der Waals surface area contributed by atoms with E-state index >= 15 is 0 Å². The van der Waals surface area contributed by atoms with Gasteiger partial charge in [-0.05, 0) is 23.6 Å². The highest BCUT2D eigenvalue weighted by Gasteiger charge is 2.61. The fourth-order valence-electron chi connectivity index (χ4n) is 4.87. The maximum Gasteiger partial charge on any atom is 0.331 e. The molecule has 1 saturated heterocycles. The van der Waals surface area contributed by atoms with Crippen LogP contribution in [0, 0.1) is 15.5 Å². The summed E-state index contributed by atoms with van der Waals surface area (Å²) < 4.78 is 0. The fourth-order valence-corrected chi connectivity index (χ4v) is 4.87. The Bertz CT molecular complexity index is 1100. The minimum atomic E-state index is -1.56. The first-order valence-corrected chi connectivity index (χ1v) is 10.5. The summed E-state index contributed by atoms with van der Waals surface area (Å²) in [5.41, 5.74) is 0.364. The van der Waals surface area contributed by atoms with Gasteiger partial charge >= 0.3 is 6.03 Å². The number of anilines is 1. The zero-order chi connectivity index (χ0) is 23.0. The van der Waals surface area contributed by atoms with E-state index in [1.165, 1.54) is 12.1 Å². The quantitative estimate of drug-likeness (QED) is 0.438. The summed E-state index contributed by atoms with van der Waals surface area (Å²) in [6, 6.07) is 12.3. The number of urea groups is 1. The second kappa shape index (κ2) is 8.07. The number of barbiturate groups is 1. The minimum absolute atomic E-state index is 0.0117. The molecule has 9 nitrogen and oxygen atoms in total. The molecule has 2 heterocycles. The summed E-state index contributed by atoms with van der Waals surface area (Å²) in [6.07, 6.45) is 1.24. The topological polar surface area (TPSA) is 113 Å². The van der Waals surface area contributed by atoms with Gasteiger partial charge in [0.25, 0.3) is 5.69 Å². The number of fused-ring (bicyclic) bond motifs is 1. The van der Waals surface area contributed by atoms with Gasteiger partial charge < -0.3 is 4.90 Å². The molecule has 1 fully saturated rings. The molecule has 2 aromatic rings. The number of carbonyl (C=O) groups excluding carboxylic acids is 3. The third-order valence-electron chi connectivity index (χ3n) is 6.40. The lowest BCUT2D eigenvalue weighted by molar-refractivity contribution is -0.384. The molecule has 2 aliphatic rings. The van der Waals surface area contributed by atoms with Gasteiger partial charge in [-0.3, -0.25) is 29.9 Å². The molecular formula is C23H24N4O5. The average Bonchev–Trinajstić information content (AvgIpc) is 2.78. The van der Waals surface area contributed by atoms with E-state index < -0.39 is 34.2 Å². The number of carbonyl (C=O) groups is 3. The summed E-state index contributed by atoms with van der Waals surface area (Å²) in [4.78, 5) is 53.6. The molecule has 0 aromatic heterocycles. The molecule has 9 heteroatoms. The van der Waals surface area contributed by atoms with Crippen molar-refractivity contribution in [1.29, 1.82) is 0 Å². The summed E-state index contributed by atoms with van der Waals surface area (Å²) in [5, 5.41) is 13.7. The van der Waals surface area contributed by atoms with E-state index in [-0.39, 0.29) is 18.7 Å². The van der Waals surface area contributed by atoms with Crippen molar-refractivity contribution in [1.82, 2.24) is 10.2 Å². The van der Waals surface area contributed by atoms with Crippen LogP contribution in [0.15, 0.2) is 48.5 Å². The SMILES string of the molecule is CCC[C@@H]1N(C)c2ccc([N+](=O)[O-])cc2C[C@@]12C(=O)NC(=O)N(Cc1ccccc1)C2=O. The summed E-state index contributed by atoms with van der Waals surface area (Å²) in [6.45, 7) is 2.00. The largest absolute Gasteiger partial charge is 0.370 e. The molecule has 166 valence electrons. The molecule has 0 radical (unpaired) electrons. The van der Waals surface area contributed by atoms with E-state index in [2.05, 4.69) is 5.32 Å². The lowest BCUT2D eigenvalue weighted by Gasteiger charge is -2.51.